The third kappa shape index (κ3) is 2.98. The molecular formula is C16H22N2S2. The van der Waals surface area contributed by atoms with Gasteiger partial charge in [-0.25, -0.2) is 0 Å². The summed E-state index contributed by atoms with van der Waals surface area (Å²) in [5, 5.41) is 8.02. The normalized spacial score (nSPS) is 18.9. The molecule has 1 fully saturated rings. The Morgan fingerprint density at radius 2 is 2.10 bits per heavy atom. The Morgan fingerprint density at radius 3 is 2.80 bits per heavy atom. The largest absolute Gasteiger partial charge is 0.315 e. The molecule has 0 radical (unpaired) electrons. The highest BCUT2D eigenvalue weighted by atomic mass is 32.1. The Hall–Kier alpha value is -0.680. The van der Waals surface area contributed by atoms with Crippen LogP contribution < -0.4 is 5.32 Å². The van der Waals surface area contributed by atoms with Crippen LogP contribution in [0.5, 0.6) is 0 Å². The predicted molar refractivity (Wildman–Crippen MR) is 89.0 cm³/mol. The Bertz CT molecular complexity index is 550. The summed E-state index contributed by atoms with van der Waals surface area (Å²) < 4.78 is 0. The van der Waals surface area contributed by atoms with Crippen LogP contribution in [0.3, 0.4) is 0 Å². The second kappa shape index (κ2) is 6.39. The van der Waals surface area contributed by atoms with E-state index in [-0.39, 0.29) is 0 Å². The third-order valence-electron chi connectivity index (χ3n) is 3.91. The Labute approximate surface area is 129 Å². The quantitative estimate of drug-likeness (QED) is 0.927. The van der Waals surface area contributed by atoms with E-state index < -0.39 is 0 Å². The zero-order chi connectivity index (χ0) is 13.9. The molecule has 0 saturated carbocycles. The number of nitrogens with zero attached hydrogens (tertiary/aromatic N) is 1. The average Bonchev–Trinajstić information content (AvgIpc) is 2.93. The highest BCUT2D eigenvalue weighted by Gasteiger charge is 2.26. The standard InChI is InChI=1S/C16H22N2S2/c1-12-10-14(20-11-12)15(16-13(2)4-9-19-16)18-7-3-5-17-6-8-18/h4,9-11,15,17H,3,5-8H2,1-2H3. The SMILES string of the molecule is Cc1csc(C(c2sccc2C)N2CCCNCC2)c1. The van der Waals surface area contributed by atoms with Crippen molar-refractivity contribution in [1.29, 1.82) is 0 Å². The van der Waals surface area contributed by atoms with Gasteiger partial charge < -0.3 is 5.32 Å². The first-order valence-electron chi connectivity index (χ1n) is 7.29. The van der Waals surface area contributed by atoms with E-state index in [4.69, 9.17) is 0 Å². The summed E-state index contributed by atoms with van der Waals surface area (Å²) in [6.07, 6.45) is 1.24. The summed E-state index contributed by atoms with van der Waals surface area (Å²) in [5.74, 6) is 0. The zero-order valence-electron chi connectivity index (χ0n) is 12.2. The van der Waals surface area contributed by atoms with E-state index in [0.717, 1.165) is 19.6 Å². The topological polar surface area (TPSA) is 15.3 Å². The van der Waals surface area contributed by atoms with Crippen molar-refractivity contribution in [1.82, 2.24) is 10.2 Å². The molecule has 3 heterocycles. The van der Waals surface area contributed by atoms with Crippen molar-refractivity contribution in [3.8, 4) is 0 Å². The third-order valence-corrected chi connectivity index (χ3v) is 6.08. The van der Waals surface area contributed by atoms with Gasteiger partial charge in [0, 0.05) is 29.4 Å². The van der Waals surface area contributed by atoms with Gasteiger partial charge in [-0.05, 0) is 60.8 Å². The second-order valence-corrected chi connectivity index (χ2v) is 7.43. The Balaban J connectivity index is 1.96. The van der Waals surface area contributed by atoms with Crippen LogP contribution in [-0.4, -0.2) is 31.1 Å². The molecule has 0 amide bonds. The minimum absolute atomic E-state index is 0.452. The molecule has 1 N–H and O–H groups in total. The lowest BCUT2D eigenvalue weighted by molar-refractivity contribution is 0.246. The molecule has 1 aliphatic rings. The van der Waals surface area contributed by atoms with Crippen molar-refractivity contribution in [2.45, 2.75) is 26.3 Å². The van der Waals surface area contributed by atoms with Crippen molar-refractivity contribution >= 4 is 22.7 Å². The summed E-state index contributed by atoms with van der Waals surface area (Å²) in [6, 6.07) is 5.07. The van der Waals surface area contributed by atoms with Gasteiger partial charge in [-0.1, -0.05) is 0 Å². The van der Waals surface area contributed by atoms with Crippen molar-refractivity contribution in [3.63, 3.8) is 0 Å². The van der Waals surface area contributed by atoms with E-state index in [1.165, 1.54) is 33.8 Å². The molecule has 0 aliphatic carbocycles. The molecule has 108 valence electrons. The van der Waals surface area contributed by atoms with Gasteiger partial charge in [0.05, 0.1) is 6.04 Å². The number of hydrogen-bond acceptors (Lipinski definition) is 4. The minimum Gasteiger partial charge on any atom is -0.315 e. The lowest BCUT2D eigenvalue weighted by Crippen LogP contribution is -2.32. The first-order valence-corrected chi connectivity index (χ1v) is 9.05. The van der Waals surface area contributed by atoms with Crippen LogP contribution in [-0.2, 0) is 0 Å². The van der Waals surface area contributed by atoms with Gasteiger partial charge in [0.25, 0.3) is 0 Å². The van der Waals surface area contributed by atoms with Gasteiger partial charge in [-0.3, -0.25) is 4.90 Å². The number of aryl methyl sites for hydroxylation is 2. The molecule has 0 bridgehead atoms. The van der Waals surface area contributed by atoms with Crippen molar-refractivity contribution in [2.24, 2.45) is 0 Å². The molecule has 2 nitrogen and oxygen atoms in total. The Morgan fingerprint density at radius 1 is 1.20 bits per heavy atom. The maximum Gasteiger partial charge on any atom is 0.0793 e. The molecule has 1 unspecified atom stereocenters. The van der Waals surface area contributed by atoms with Crippen molar-refractivity contribution in [3.05, 3.63) is 43.8 Å². The van der Waals surface area contributed by atoms with Crippen LogP contribution in [0, 0.1) is 13.8 Å². The van der Waals surface area contributed by atoms with Crippen LogP contribution in [0.2, 0.25) is 0 Å². The number of nitrogens with one attached hydrogen (secondary N) is 1. The maximum absolute atomic E-state index is 3.51. The van der Waals surface area contributed by atoms with Crippen molar-refractivity contribution in [2.75, 3.05) is 26.2 Å². The first kappa shape index (κ1) is 14.3. The molecule has 1 saturated heterocycles. The van der Waals surface area contributed by atoms with Gasteiger partial charge in [0.1, 0.15) is 0 Å². The fourth-order valence-electron chi connectivity index (χ4n) is 2.86. The highest BCUT2D eigenvalue weighted by molar-refractivity contribution is 7.11. The molecular weight excluding hydrogens is 284 g/mol. The molecule has 2 aromatic rings. The predicted octanol–water partition coefficient (Wildman–Crippen LogP) is 3.81. The summed E-state index contributed by atoms with van der Waals surface area (Å²) in [5.41, 5.74) is 2.82. The van der Waals surface area contributed by atoms with Crippen LogP contribution in [0.25, 0.3) is 0 Å². The van der Waals surface area contributed by atoms with E-state index >= 15 is 0 Å². The van der Waals surface area contributed by atoms with E-state index in [0.29, 0.717) is 6.04 Å². The zero-order valence-corrected chi connectivity index (χ0v) is 13.8. The molecule has 4 heteroatoms. The molecule has 1 atom stereocenters. The van der Waals surface area contributed by atoms with Gasteiger partial charge >= 0.3 is 0 Å². The molecule has 20 heavy (non-hydrogen) atoms. The lowest BCUT2D eigenvalue weighted by Gasteiger charge is -2.29. The summed E-state index contributed by atoms with van der Waals surface area (Å²) in [7, 11) is 0. The van der Waals surface area contributed by atoms with E-state index in [9.17, 15) is 0 Å². The number of rotatable bonds is 3. The average molecular weight is 306 g/mol. The van der Waals surface area contributed by atoms with Gasteiger partial charge in [-0.15, -0.1) is 22.7 Å². The Kier molecular flexibility index (Phi) is 4.56. The lowest BCUT2D eigenvalue weighted by atomic mass is 10.1. The van der Waals surface area contributed by atoms with Crippen LogP contribution >= 0.6 is 22.7 Å². The smallest absolute Gasteiger partial charge is 0.0793 e. The minimum atomic E-state index is 0.452. The summed E-state index contributed by atoms with van der Waals surface area (Å²) in [6.45, 7) is 9.02. The van der Waals surface area contributed by atoms with Crippen molar-refractivity contribution < 1.29 is 0 Å². The van der Waals surface area contributed by atoms with Gasteiger partial charge in [0.2, 0.25) is 0 Å². The summed E-state index contributed by atoms with van der Waals surface area (Å²) >= 11 is 3.82. The second-order valence-electron chi connectivity index (χ2n) is 5.54. The maximum atomic E-state index is 3.51. The molecule has 2 aromatic heterocycles. The van der Waals surface area contributed by atoms with Crippen LogP contribution in [0.15, 0.2) is 22.9 Å². The fourth-order valence-corrected chi connectivity index (χ4v) is 5.05. The fraction of sp³-hybridized carbons (Fsp3) is 0.500. The molecule has 0 aromatic carbocycles. The van der Waals surface area contributed by atoms with Crippen LogP contribution in [0.1, 0.15) is 33.3 Å². The van der Waals surface area contributed by atoms with E-state index in [1.807, 2.05) is 22.7 Å². The van der Waals surface area contributed by atoms with Gasteiger partial charge in [0.15, 0.2) is 0 Å². The highest BCUT2D eigenvalue weighted by Crippen LogP contribution is 2.37. The van der Waals surface area contributed by atoms with Crippen LogP contribution in [0.4, 0.5) is 0 Å². The summed E-state index contributed by atoms with van der Waals surface area (Å²) in [4.78, 5) is 5.67. The molecule has 0 spiro atoms. The molecule has 3 rings (SSSR count). The number of thiophene rings is 2. The van der Waals surface area contributed by atoms with E-state index in [1.54, 1.807) is 0 Å². The first-order chi connectivity index (χ1) is 9.75. The molecule has 1 aliphatic heterocycles. The number of hydrogen-bond donors (Lipinski definition) is 1. The monoisotopic (exact) mass is 306 g/mol. The van der Waals surface area contributed by atoms with E-state index in [2.05, 4.69) is 47.0 Å². The van der Waals surface area contributed by atoms with Gasteiger partial charge in [-0.2, -0.15) is 0 Å².